The average molecular weight is 426 g/mol. The van der Waals surface area contributed by atoms with Crippen LogP contribution in [-0.4, -0.2) is 67.2 Å². The maximum Gasteiger partial charge on any atom is 0.351 e. The minimum atomic E-state index is -3.67. The number of nitrogen functional groups attached to an aromatic ring is 1. The number of aryl methyl sites for hydroxylation is 1. The Morgan fingerprint density at radius 2 is 2.23 bits per heavy atom. The van der Waals surface area contributed by atoms with Crippen molar-refractivity contribution in [3.8, 4) is 5.88 Å². The minimum Gasteiger partial charge on any atom is -0.478 e. The monoisotopic (exact) mass is 426 g/mol. The van der Waals surface area contributed by atoms with Crippen molar-refractivity contribution in [1.82, 2.24) is 24.2 Å². The van der Waals surface area contributed by atoms with Crippen molar-refractivity contribution in [2.75, 3.05) is 25.4 Å². The van der Waals surface area contributed by atoms with Gasteiger partial charge in [0.15, 0.2) is 0 Å². The number of aromatic nitrogens is 4. The molecule has 0 saturated carbocycles. The molecule has 0 unspecified atom stereocenters. The number of alkyl halides is 2. The van der Waals surface area contributed by atoms with Crippen molar-refractivity contribution >= 4 is 5.82 Å². The summed E-state index contributed by atoms with van der Waals surface area (Å²) in [6, 6.07) is 1.23. The Kier molecular flexibility index (Phi) is 5.24. The first-order valence-electron chi connectivity index (χ1n) is 9.68. The van der Waals surface area contributed by atoms with Crippen LogP contribution in [0.25, 0.3) is 0 Å². The number of ether oxygens (including phenoxy) is 2. The predicted octanol–water partition coefficient (Wildman–Crippen LogP) is -0.0904. The molecule has 2 aromatic rings. The third-order valence-electron chi connectivity index (χ3n) is 5.43. The lowest BCUT2D eigenvalue weighted by atomic mass is 10.0. The first kappa shape index (κ1) is 20.7. The van der Waals surface area contributed by atoms with Gasteiger partial charge in [0.2, 0.25) is 12.1 Å². The highest BCUT2D eigenvalue weighted by molar-refractivity contribution is 5.33. The summed E-state index contributed by atoms with van der Waals surface area (Å²) in [5, 5.41) is 14.7. The van der Waals surface area contributed by atoms with E-state index in [-0.39, 0.29) is 12.4 Å². The molecule has 0 bridgehead atoms. The number of rotatable bonds is 5. The Balaban J connectivity index is 1.50. The molecule has 0 aliphatic carbocycles. The van der Waals surface area contributed by atoms with Gasteiger partial charge in [-0.2, -0.15) is 18.9 Å². The van der Waals surface area contributed by atoms with Gasteiger partial charge in [-0.15, -0.1) is 0 Å². The molecular weight excluding hydrogens is 402 g/mol. The summed E-state index contributed by atoms with van der Waals surface area (Å²) in [6.45, 7) is 3.47. The molecule has 2 aliphatic rings. The Morgan fingerprint density at radius 3 is 2.93 bits per heavy atom. The van der Waals surface area contributed by atoms with Crippen molar-refractivity contribution in [2.24, 2.45) is 7.05 Å². The van der Waals surface area contributed by atoms with E-state index in [2.05, 4.69) is 10.1 Å². The van der Waals surface area contributed by atoms with E-state index < -0.39 is 30.0 Å². The number of nitrogens with zero attached hydrogens (tertiary/aromatic N) is 5. The summed E-state index contributed by atoms with van der Waals surface area (Å²) < 4.78 is 42.8. The second kappa shape index (κ2) is 7.60. The lowest BCUT2D eigenvalue weighted by molar-refractivity contribution is -0.140. The van der Waals surface area contributed by atoms with Gasteiger partial charge in [-0.05, 0) is 19.4 Å². The van der Waals surface area contributed by atoms with Gasteiger partial charge in [0.1, 0.15) is 18.0 Å². The number of hydrogen-bond acceptors (Lipinski definition) is 8. The van der Waals surface area contributed by atoms with E-state index in [1.807, 2.05) is 11.8 Å². The third kappa shape index (κ3) is 3.44. The van der Waals surface area contributed by atoms with Crippen molar-refractivity contribution in [3.63, 3.8) is 0 Å². The molecule has 3 atom stereocenters. The van der Waals surface area contributed by atoms with Crippen LogP contribution in [-0.2, 0) is 24.8 Å². The lowest BCUT2D eigenvalue weighted by Gasteiger charge is -2.29. The standard InChI is InChI=1S/C18H24F2N6O4/c1-3-29-15-10-4-6-25(8-11(10)23-24(15)2)9-12-14(27)18(19,20)16(30-12)26-7-5-13(21)22-17(26)28/h5,7,12,14,16,27H,3-4,6,8-9H2,1-2H3,(H2,21,22,28)/t12-,14-,16-/m1/s1. The van der Waals surface area contributed by atoms with Crippen molar-refractivity contribution in [1.29, 1.82) is 0 Å². The third-order valence-corrected chi connectivity index (χ3v) is 5.43. The van der Waals surface area contributed by atoms with E-state index in [0.29, 0.717) is 36.6 Å². The lowest BCUT2D eigenvalue weighted by Crippen LogP contribution is -2.44. The van der Waals surface area contributed by atoms with E-state index >= 15 is 0 Å². The van der Waals surface area contributed by atoms with Crippen LogP contribution in [0.4, 0.5) is 14.6 Å². The summed E-state index contributed by atoms with van der Waals surface area (Å²) >= 11 is 0. The Labute approximate surface area is 170 Å². The van der Waals surface area contributed by atoms with Crippen molar-refractivity contribution in [2.45, 2.75) is 44.2 Å². The van der Waals surface area contributed by atoms with Crippen LogP contribution < -0.4 is 16.2 Å². The van der Waals surface area contributed by atoms with Gasteiger partial charge in [-0.1, -0.05) is 0 Å². The molecule has 3 N–H and O–H groups in total. The number of fused-ring (bicyclic) bond motifs is 1. The highest BCUT2D eigenvalue weighted by Gasteiger charge is 2.59. The SMILES string of the molecule is CCOc1c2c(nn1C)CN(C[C@H]1O[C@@H](n3ccc(N)nc3=O)C(F)(F)[C@@H]1O)CC2. The van der Waals surface area contributed by atoms with E-state index in [0.717, 1.165) is 17.5 Å². The van der Waals surface area contributed by atoms with Gasteiger partial charge < -0.3 is 20.3 Å². The van der Waals surface area contributed by atoms with Gasteiger partial charge in [0, 0.05) is 38.4 Å². The summed E-state index contributed by atoms with van der Waals surface area (Å²) in [5.41, 5.74) is 6.26. The Bertz CT molecular complexity index is 994. The van der Waals surface area contributed by atoms with Gasteiger partial charge in [-0.3, -0.25) is 9.47 Å². The van der Waals surface area contributed by atoms with Crippen LogP contribution in [0.3, 0.4) is 0 Å². The predicted molar refractivity (Wildman–Crippen MR) is 101 cm³/mol. The van der Waals surface area contributed by atoms with Gasteiger partial charge >= 0.3 is 11.6 Å². The minimum absolute atomic E-state index is 0.0599. The van der Waals surface area contributed by atoms with Gasteiger partial charge in [0.05, 0.1) is 12.3 Å². The van der Waals surface area contributed by atoms with Gasteiger partial charge in [-0.25, -0.2) is 9.48 Å². The maximum absolute atomic E-state index is 14.7. The topological polar surface area (TPSA) is 121 Å². The number of nitrogens with two attached hydrogens (primary N) is 1. The first-order chi connectivity index (χ1) is 14.2. The quantitative estimate of drug-likeness (QED) is 0.681. The Hall–Kier alpha value is -2.57. The van der Waals surface area contributed by atoms with E-state index in [4.69, 9.17) is 15.2 Å². The molecule has 0 amide bonds. The maximum atomic E-state index is 14.7. The Morgan fingerprint density at radius 1 is 1.47 bits per heavy atom. The van der Waals surface area contributed by atoms with Crippen LogP contribution >= 0.6 is 0 Å². The summed E-state index contributed by atoms with van der Waals surface area (Å²) in [7, 11) is 1.79. The molecule has 30 heavy (non-hydrogen) atoms. The van der Waals surface area contributed by atoms with Crippen molar-refractivity contribution in [3.05, 3.63) is 34.0 Å². The van der Waals surface area contributed by atoms with Crippen LogP contribution in [0, 0.1) is 0 Å². The molecule has 2 aliphatic heterocycles. The molecule has 4 heterocycles. The number of halogens is 2. The van der Waals surface area contributed by atoms with Crippen LogP contribution in [0.5, 0.6) is 5.88 Å². The fourth-order valence-electron chi connectivity index (χ4n) is 4.00. The number of aliphatic hydroxyl groups is 1. The molecule has 1 saturated heterocycles. The molecule has 0 aromatic carbocycles. The molecule has 12 heteroatoms. The molecular formula is C18H24F2N6O4. The smallest absolute Gasteiger partial charge is 0.351 e. The van der Waals surface area contributed by atoms with Gasteiger partial charge in [0.25, 0.3) is 0 Å². The van der Waals surface area contributed by atoms with Crippen LogP contribution in [0.15, 0.2) is 17.1 Å². The highest BCUT2D eigenvalue weighted by atomic mass is 19.3. The molecule has 10 nitrogen and oxygen atoms in total. The number of hydrogen-bond donors (Lipinski definition) is 2. The molecule has 4 rings (SSSR count). The zero-order valence-corrected chi connectivity index (χ0v) is 16.7. The summed E-state index contributed by atoms with van der Waals surface area (Å²) in [5.74, 6) is -3.04. The summed E-state index contributed by atoms with van der Waals surface area (Å²) in [6.07, 6.45) is -3.49. The van der Waals surface area contributed by atoms with E-state index in [1.54, 1.807) is 11.7 Å². The number of anilines is 1. The van der Waals surface area contributed by atoms with Crippen LogP contribution in [0.1, 0.15) is 24.4 Å². The largest absolute Gasteiger partial charge is 0.478 e. The molecule has 0 radical (unpaired) electrons. The van der Waals surface area contributed by atoms with E-state index in [9.17, 15) is 18.7 Å². The second-order valence-electron chi connectivity index (χ2n) is 7.46. The molecule has 2 aromatic heterocycles. The van der Waals surface area contributed by atoms with E-state index in [1.165, 1.54) is 6.07 Å². The first-order valence-corrected chi connectivity index (χ1v) is 9.68. The highest BCUT2D eigenvalue weighted by Crippen LogP contribution is 2.42. The van der Waals surface area contributed by atoms with Crippen LogP contribution in [0.2, 0.25) is 0 Å². The zero-order chi connectivity index (χ0) is 21.6. The fraction of sp³-hybridized carbons (Fsp3) is 0.611. The van der Waals surface area contributed by atoms with Crippen molar-refractivity contribution < 1.29 is 23.4 Å². The summed E-state index contributed by atoms with van der Waals surface area (Å²) in [4.78, 5) is 17.3. The zero-order valence-electron chi connectivity index (χ0n) is 16.7. The number of aliphatic hydroxyl groups excluding tert-OH is 1. The second-order valence-corrected chi connectivity index (χ2v) is 7.46. The normalized spacial score (nSPS) is 26.0. The molecule has 1 fully saturated rings. The molecule has 0 spiro atoms. The molecule has 164 valence electrons. The average Bonchev–Trinajstić information content (AvgIpc) is 3.10. The fourth-order valence-corrected chi connectivity index (χ4v) is 4.00.